The Kier molecular flexibility index (Phi) is 6.72. The summed E-state index contributed by atoms with van der Waals surface area (Å²) in [6.45, 7) is 6.95. The summed E-state index contributed by atoms with van der Waals surface area (Å²) in [4.78, 5) is 31.7. The fraction of sp³-hybridized carbons (Fsp3) is 0.370. The monoisotopic (exact) mass is 456 g/mol. The molecular formula is C27H32N6O. The fourth-order valence-corrected chi connectivity index (χ4v) is 4.83. The lowest BCUT2D eigenvalue weighted by molar-refractivity contribution is -0.132. The van der Waals surface area contributed by atoms with Crippen molar-refractivity contribution in [2.45, 2.75) is 5.92 Å². The third-order valence-corrected chi connectivity index (χ3v) is 6.89. The number of benzene rings is 2. The predicted molar refractivity (Wildman–Crippen MR) is 135 cm³/mol. The molecule has 1 amide bonds. The third kappa shape index (κ3) is 4.89. The molecule has 0 unspecified atom stereocenters. The van der Waals surface area contributed by atoms with Gasteiger partial charge < -0.3 is 19.6 Å². The molecule has 2 fully saturated rings. The highest BCUT2D eigenvalue weighted by atomic mass is 16.2. The number of anilines is 2. The molecule has 2 aliphatic heterocycles. The van der Waals surface area contributed by atoms with Gasteiger partial charge in [0.1, 0.15) is 18.0 Å². The van der Waals surface area contributed by atoms with E-state index in [9.17, 15) is 4.79 Å². The van der Waals surface area contributed by atoms with Gasteiger partial charge in [0.25, 0.3) is 0 Å². The SMILES string of the molecule is CN1CCN(c2cc(N3CCN(C(=O)C(c4ccccc4)c4ccccc4)CC3)ncn2)CC1. The van der Waals surface area contributed by atoms with Crippen LogP contribution in [0.2, 0.25) is 0 Å². The van der Waals surface area contributed by atoms with Gasteiger partial charge in [-0.05, 0) is 18.2 Å². The minimum atomic E-state index is -0.281. The molecule has 0 aliphatic carbocycles. The summed E-state index contributed by atoms with van der Waals surface area (Å²) < 4.78 is 0. The Morgan fingerprint density at radius 1 is 0.706 bits per heavy atom. The Hall–Kier alpha value is -3.45. The number of amides is 1. The van der Waals surface area contributed by atoms with E-state index in [0.29, 0.717) is 13.1 Å². The average molecular weight is 457 g/mol. The molecule has 1 aromatic heterocycles. The van der Waals surface area contributed by atoms with Gasteiger partial charge in [-0.15, -0.1) is 0 Å². The van der Waals surface area contributed by atoms with Crippen LogP contribution >= 0.6 is 0 Å². The lowest BCUT2D eigenvalue weighted by Gasteiger charge is -2.38. The molecule has 0 atom stereocenters. The highest BCUT2D eigenvalue weighted by Crippen LogP contribution is 2.28. The molecule has 0 N–H and O–H groups in total. The average Bonchev–Trinajstić information content (AvgIpc) is 2.91. The quantitative estimate of drug-likeness (QED) is 0.589. The largest absolute Gasteiger partial charge is 0.354 e. The molecule has 5 rings (SSSR count). The number of piperazine rings is 2. The minimum absolute atomic E-state index is 0.165. The van der Waals surface area contributed by atoms with E-state index >= 15 is 0 Å². The van der Waals surface area contributed by atoms with Crippen LogP contribution in [0.3, 0.4) is 0 Å². The number of nitrogens with zero attached hydrogens (tertiary/aromatic N) is 6. The summed E-state index contributed by atoms with van der Waals surface area (Å²) in [6.07, 6.45) is 1.67. The first-order valence-corrected chi connectivity index (χ1v) is 12.1. The molecular weight excluding hydrogens is 424 g/mol. The summed E-state index contributed by atoms with van der Waals surface area (Å²) in [7, 11) is 2.16. The lowest BCUT2D eigenvalue weighted by atomic mass is 9.90. The van der Waals surface area contributed by atoms with Crippen LogP contribution in [0.5, 0.6) is 0 Å². The van der Waals surface area contributed by atoms with Gasteiger partial charge in [0, 0.05) is 58.4 Å². The first kappa shape index (κ1) is 22.3. The van der Waals surface area contributed by atoms with Gasteiger partial charge >= 0.3 is 0 Å². The summed E-state index contributed by atoms with van der Waals surface area (Å²) in [5.74, 6) is 1.82. The van der Waals surface area contributed by atoms with Crippen molar-refractivity contribution in [3.63, 3.8) is 0 Å². The van der Waals surface area contributed by atoms with Crippen molar-refractivity contribution in [2.24, 2.45) is 0 Å². The number of rotatable bonds is 5. The van der Waals surface area contributed by atoms with Crippen molar-refractivity contribution in [3.05, 3.63) is 84.2 Å². The molecule has 0 spiro atoms. The van der Waals surface area contributed by atoms with Gasteiger partial charge in [0.05, 0.1) is 5.92 Å². The summed E-state index contributed by atoms with van der Waals surface area (Å²) >= 11 is 0. The Labute approximate surface area is 201 Å². The normalized spacial score (nSPS) is 17.3. The van der Waals surface area contributed by atoms with E-state index in [2.05, 4.69) is 37.8 Å². The molecule has 0 saturated carbocycles. The third-order valence-electron chi connectivity index (χ3n) is 6.89. The Balaban J connectivity index is 1.27. The van der Waals surface area contributed by atoms with Gasteiger partial charge in [0.15, 0.2) is 0 Å². The Morgan fingerprint density at radius 2 is 1.18 bits per heavy atom. The standard InChI is InChI=1S/C27H32N6O/c1-30-12-14-31(15-13-30)24-20-25(29-21-28-24)32-16-18-33(19-17-32)27(34)26(22-8-4-2-5-9-22)23-10-6-3-7-11-23/h2-11,20-21,26H,12-19H2,1H3. The zero-order valence-electron chi connectivity index (χ0n) is 19.8. The van der Waals surface area contributed by atoms with Crippen LogP contribution in [0.4, 0.5) is 11.6 Å². The van der Waals surface area contributed by atoms with E-state index in [0.717, 1.165) is 62.0 Å². The fourth-order valence-electron chi connectivity index (χ4n) is 4.83. The van der Waals surface area contributed by atoms with Crippen LogP contribution in [0.15, 0.2) is 73.1 Å². The highest BCUT2D eigenvalue weighted by Gasteiger charge is 2.30. The molecule has 2 aliphatic rings. The van der Waals surface area contributed by atoms with Crippen molar-refractivity contribution in [2.75, 3.05) is 69.2 Å². The maximum Gasteiger partial charge on any atom is 0.234 e. The summed E-state index contributed by atoms with van der Waals surface area (Å²) in [5.41, 5.74) is 2.07. The molecule has 34 heavy (non-hydrogen) atoms. The van der Waals surface area contributed by atoms with E-state index in [1.165, 1.54) is 0 Å². The van der Waals surface area contributed by atoms with E-state index in [1.54, 1.807) is 6.33 Å². The first-order chi connectivity index (χ1) is 16.7. The number of carbonyl (C=O) groups is 1. The molecule has 0 radical (unpaired) electrons. The Bertz CT molecular complexity index is 1040. The van der Waals surface area contributed by atoms with Crippen molar-refractivity contribution in [1.29, 1.82) is 0 Å². The van der Waals surface area contributed by atoms with Gasteiger partial charge in [-0.2, -0.15) is 0 Å². The van der Waals surface area contributed by atoms with Crippen LogP contribution in [0, 0.1) is 0 Å². The molecule has 0 bridgehead atoms. The second-order valence-electron chi connectivity index (χ2n) is 9.09. The van der Waals surface area contributed by atoms with Gasteiger partial charge in [-0.3, -0.25) is 4.79 Å². The van der Waals surface area contributed by atoms with Crippen molar-refractivity contribution in [1.82, 2.24) is 19.8 Å². The van der Waals surface area contributed by atoms with Gasteiger partial charge in [-0.25, -0.2) is 9.97 Å². The van der Waals surface area contributed by atoms with Gasteiger partial charge in [-0.1, -0.05) is 60.7 Å². The number of carbonyl (C=O) groups excluding carboxylic acids is 1. The molecule has 7 nitrogen and oxygen atoms in total. The molecule has 2 saturated heterocycles. The highest BCUT2D eigenvalue weighted by molar-refractivity contribution is 5.87. The number of hydrogen-bond donors (Lipinski definition) is 0. The van der Waals surface area contributed by atoms with Crippen molar-refractivity contribution in [3.8, 4) is 0 Å². The van der Waals surface area contributed by atoms with E-state index in [4.69, 9.17) is 0 Å². The molecule has 7 heteroatoms. The van der Waals surface area contributed by atoms with Crippen molar-refractivity contribution >= 4 is 17.5 Å². The van der Waals surface area contributed by atoms with Crippen LogP contribution in [0.25, 0.3) is 0 Å². The van der Waals surface area contributed by atoms with E-state index in [1.807, 2.05) is 65.6 Å². The van der Waals surface area contributed by atoms with Crippen LogP contribution < -0.4 is 9.80 Å². The summed E-state index contributed by atoms with van der Waals surface area (Å²) in [5, 5.41) is 0. The molecule has 3 heterocycles. The van der Waals surface area contributed by atoms with E-state index in [-0.39, 0.29) is 11.8 Å². The zero-order valence-corrected chi connectivity index (χ0v) is 19.8. The van der Waals surface area contributed by atoms with Crippen molar-refractivity contribution < 1.29 is 4.79 Å². The number of hydrogen-bond acceptors (Lipinski definition) is 6. The number of aromatic nitrogens is 2. The maximum atomic E-state index is 13.7. The van der Waals surface area contributed by atoms with E-state index < -0.39 is 0 Å². The molecule has 3 aromatic rings. The number of likely N-dealkylation sites (N-methyl/N-ethyl adjacent to an activating group) is 1. The smallest absolute Gasteiger partial charge is 0.234 e. The van der Waals surface area contributed by atoms with Crippen LogP contribution in [-0.4, -0.2) is 85.1 Å². The van der Waals surface area contributed by atoms with Gasteiger partial charge in [0.2, 0.25) is 5.91 Å². The second-order valence-corrected chi connectivity index (χ2v) is 9.09. The zero-order chi connectivity index (χ0) is 23.3. The first-order valence-electron chi connectivity index (χ1n) is 12.1. The topological polar surface area (TPSA) is 55.8 Å². The summed E-state index contributed by atoms with van der Waals surface area (Å²) in [6, 6.07) is 22.3. The van der Waals surface area contributed by atoms with Crippen LogP contribution in [-0.2, 0) is 4.79 Å². The molecule has 176 valence electrons. The maximum absolute atomic E-state index is 13.7. The van der Waals surface area contributed by atoms with Crippen LogP contribution in [0.1, 0.15) is 17.0 Å². The predicted octanol–water partition coefficient (Wildman–Crippen LogP) is 2.71. The minimum Gasteiger partial charge on any atom is -0.354 e. The molecule has 2 aromatic carbocycles. The lowest BCUT2D eigenvalue weighted by Crippen LogP contribution is -2.50. The Morgan fingerprint density at radius 3 is 1.68 bits per heavy atom. The second kappa shape index (κ2) is 10.2.